The van der Waals surface area contributed by atoms with Gasteiger partial charge in [0.15, 0.2) is 6.10 Å². The minimum absolute atomic E-state index is 0.284. The largest absolute Gasteiger partial charge is 0.480 e. The van der Waals surface area contributed by atoms with Crippen molar-refractivity contribution in [2.45, 2.75) is 18.6 Å². The van der Waals surface area contributed by atoms with E-state index in [-0.39, 0.29) is 11.8 Å². The number of nitrogens with one attached hydrogen (secondary N) is 2. The number of ether oxygens (including phenoxy) is 1. The predicted molar refractivity (Wildman–Crippen MR) is 91.0 cm³/mol. The summed E-state index contributed by atoms with van der Waals surface area (Å²) in [6.07, 6.45) is -0.244. The van der Waals surface area contributed by atoms with Gasteiger partial charge in [0, 0.05) is 18.5 Å². The molecule has 3 rings (SSSR count). The van der Waals surface area contributed by atoms with Gasteiger partial charge in [-0.3, -0.25) is 9.59 Å². The molecule has 2 amide bonds. The smallest absolute Gasteiger partial charge is 0.262 e. The van der Waals surface area contributed by atoms with Crippen LogP contribution in [0.3, 0.4) is 0 Å². The monoisotopic (exact) mass is 344 g/mol. The van der Waals surface area contributed by atoms with Gasteiger partial charge in [-0.05, 0) is 29.3 Å². The van der Waals surface area contributed by atoms with Crippen LogP contribution in [-0.2, 0) is 16.0 Å². The zero-order valence-corrected chi connectivity index (χ0v) is 13.8. The molecule has 2 N–H and O–H groups in total. The van der Waals surface area contributed by atoms with Crippen molar-refractivity contribution >= 4 is 23.4 Å². The molecule has 2 aromatic rings. The first-order valence-electron chi connectivity index (χ1n) is 7.60. The highest BCUT2D eigenvalue weighted by molar-refractivity contribution is 6.30. The Morgan fingerprint density at radius 3 is 2.67 bits per heavy atom. The van der Waals surface area contributed by atoms with Gasteiger partial charge in [0.05, 0.1) is 0 Å². The quantitative estimate of drug-likeness (QED) is 0.894. The van der Waals surface area contributed by atoms with E-state index in [1.165, 1.54) is 7.05 Å². The molecular weight excluding hydrogens is 328 g/mol. The Hall–Kier alpha value is -2.53. The molecule has 0 aromatic heterocycles. The standard InChI is InChI=1S/C18H17ClN2O3/c1-20-18(23)16(11-5-3-2-4-6-11)21-17(22)15-10-12-9-13(19)7-8-14(12)24-15/h2-9,15-16H,10H2,1H3,(H,20,23)(H,21,22). The second-order valence-corrected chi connectivity index (χ2v) is 5.97. The van der Waals surface area contributed by atoms with Crippen molar-refractivity contribution < 1.29 is 14.3 Å². The maximum absolute atomic E-state index is 12.6. The number of carbonyl (C=O) groups excluding carboxylic acids is 2. The molecule has 2 aromatic carbocycles. The second-order valence-electron chi connectivity index (χ2n) is 5.53. The van der Waals surface area contributed by atoms with Crippen molar-refractivity contribution in [3.05, 3.63) is 64.7 Å². The fourth-order valence-electron chi connectivity index (χ4n) is 2.69. The van der Waals surface area contributed by atoms with Crippen LogP contribution in [-0.4, -0.2) is 25.0 Å². The number of fused-ring (bicyclic) bond motifs is 1. The summed E-state index contributed by atoms with van der Waals surface area (Å²) < 4.78 is 5.67. The van der Waals surface area contributed by atoms with Crippen molar-refractivity contribution in [2.24, 2.45) is 0 Å². The van der Waals surface area contributed by atoms with Gasteiger partial charge in [-0.1, -0.05) is 41.9 Å². The van der Waals surface area contributed by atoms with E-state index in [9.17, 15) is 9.59 Å². The molecule has 0 bridgehead atoms. The second kappa shape index (κ2) is 6.93. The number of amides is 2. The van der Waals surface area contributed by atoms with Crippen LogP contribution in [0.1, 0.15) is 17.2 Å². The molecule has 6 heteroatoms. The first-order valence-corrected chi connectivity index (χ1v) is 7.98. The maximum Gasteiger partial charge on any atom is 0.262 e. The molecule has 5 nitrogen and oxygen atoms in total. The molecule has 0 radical (unpaired) electrons. The molecule has 0 spiro atoms. The first kappa shape index (κ1) is 16.3. The average molecular weight is 345 g/mol. The lowest BCUT2D eigenvalue weighted by Gasteiger charge is -2.20. The van der Waals surface area contributed by atoms with E-state index in [4.69, 9.17) is 16.3 Å². The van der Waals surface area contributed by atoms with Gasteiger partial charge < -0.3 is 15.4 Å². The Balaban J connectivity index is 1.74. The van der Waals surface area contributed by atoms with E-state index in [1.54, 1.807) is 30.3 Å². The van der Waals surface area contributed by atoms with Crippen LogP contribution in [0, 0.1) is 0 Å². The van der Waals surface area contributed by atoms with E-state index < -0.39 is 12.1 Å². The summed E-state index contributed by atoms with van der Waals surface area (Å²) in [6, 6.07) is 13.6. The molecule has 0 saturated carbocycles. The van der Waals surface area contributed by atoms with Gasteiger partial charge in [-0.2, -0.15) is 0 Å². The number of benzene rings is 2. The van der Waals surface area contributed by atoms with Gasteiger partial charge in [-0.15, -0.1) is 0 Å². The van der Waals surface area contributed by atoms with Crippen LogP contribution >= 0.6 is 11.6 Å². The van der Waals surface area contributed by atoms with E-state index >= 15 is 0 Å². The number of carbonyl (C=O) groups is 2. The number of likely N-dealkylation sites (N-methyl/N-ethyl adjacent to an activating group) is 1. The zero-order valence-electron chi connectivity index (χ0n) is 13.1. The summed E-state index contributed by atoms with van der Waals surface area (Å²) in [5.74, 6) is 0.0311. The van der Waals surface area contributed by atoms with Crippen LogP contribution in [0.25, 0.3) is 0 Å². The average Bonchev–Trinajstić information content (AvgIpc) is 3.02. The zero-order chi connectivity index (χ0) is 17.1. The lowest BCUT2D eigenvalue weighted by Crippen LogP contribution is -2.44. The van der Waals surface area contributed by atoms with Crippen molar-refractivity contribution in [2.75, 3.05) is 7.05 Å². The SMILES string of the molecule is CNC(=O)C(NC(=O)C1Cc2cc(Cl)ccc2O1)c1ccccc1. The Morgan fingerprint density at radius 2 is 1.96 bits per heavy atom. The number of hydrogen-bond acceptors (Lipinski definition) is 3. The highest BCUT2D eigenvalue weighted by Crippen LogP contribution is 2.31. The number of halogens is 1. The van der Waals surface area contributed by atoms with Crippen molar-refractivity contribution in [3.8, 4) is 5.75 Å². The van der Waals surface area contributed by atoms with Gasteiger partial charge in [0.1, 0.15) is 11.8 Å². The lowest BCUT2D eigenvalue weighted by atomic mass is 10.0. The number of rotatable bonds is 4. The highest BCUT2D eigenvalue weighted by atomic mass is 35.5. The Bertz CT molecular complexity index is 764. The normalized spacial score (nSPS) is 16.7. The first-order chi connectivity index (χ1) is 11.6. The molecule has 1 aliphatic rings. The van der Waals surface area contributed by atoms with Crippen LogP contribution in [0.5, 0.6) is 5.75 Å². The van der Waals surface area contributed by atoms with Crippen molar-refractivity contribution in [1.82, 2.24) is 10.6 Å². The van der Waals surface area contributed by atoms with E-state index in [2.05, 4.69) is 10.6 Å². The van der Waals surface area contributed by atoms with Gasteiger partial charge >= 0.3 is 0 Å². The van der Waals surface area contributed by atoms with Gasteiger partial charge in [0.2, 0.25) is 5.91 Å². The van der Waals surface area contributed by atoms with E-state index in [0.29, 0.717) is 22.8 Å². The summed E-state index contributed by atoms with van der Waals surface area (Å²) in [7, 11) is 1.54. The van der Waals surface area contributed by atoms with Gasteiger partial charge in [0.25, 0.3) is 5.91 Å². The third-order valence-electron chi connectivity index (χ3n) is 3.92. The molecular formula is C18H17ClN2O3. The number of hydrogen-bond donors (Lipinski definition) is 2. The summed E-state index contributed by atoms with van der Waals surface area (Å²) in [5.41, 5.74) is 1.60. The van der Waals surface area contributed by atoms with Crippen LogP contribution in [0.4, 0.5) is 0 Å². The molecule has 1 heterocycles. The van der Waals surface area contributed by atoms with Gasteiger partial charge in [-0.25, -0.2) is 0 Å². The Morgan fingerprint density at radius 1 is 1.21 bits per heavy atom. The minimum atomic E-state index is -0.764. The topological polar surface area (TPSA) is 67.4 Å². The fraction of sp³-hybridized carbons (Fsp3) is 0.222. The molecule has 124 valence electrons. The highest BCUT2D eigenvalue weighted by Gasteiger charge is 2.32. The fourth-order valence-corrected chi connectivity index (χ4v) is 2.88. The maximum atomic E-state index is 12.6. The molecule has 2 atom stereocenters. The van der Waals surface area contributed by atoms with Crippen molar-refractivity contribution in [3.63, 3.8) is 0 Å². The minimum Gasteiger partial charge on any atom is -0.480 e. The molecule has 0 fully saturated rings. The molecule has 0 aliphatic carbocycles. The summed E-state index contributed by atoms with van der Waals surface area (Å²) in [5, 5.41) is 5.94. The van der Waals surface area contributed by atoms with Crippen LogP contribution in [0.15, 0.2) is 48.5 Å². The van der Waals surface area contributed by atoms with E-state index in [1.807, 2.05) is 18.2 Å². The Labute approximate surface area is 145 Å². The lowest BCUT2D eigenvalue weighted by molar-refractivity contribution is -0.132. The predicted octanol–water partition coefficient (Wildman–Crippen LogP) is 2.25. The Kier molecular flexibility index (Phi) is 4.71. The van der Waals surface area contributed by atoms with Crippen LogP contribution < -0.4 is 15.4 Å². The third kappa shape index (κ3) is 3.36. The van der Waals surface area contributed by atoms with E-state index in [0.717, 1.165) is 5.56 Å². The molecule has 1 aliphatic heterocycles. The summed E-state index contributed by atoms with van der Waals surface area (Å²) in [4.78, 5) is 24.7. The molecule has 0 saturated heterocycles. The van der Waals surface area contributed by atoms with Crippen LogP contribution in [0.2, 0.25) is 5.02 Å². The third-order valence-corrected chi connectivity index (χ3v) is 4.15. The molecule has 2 unspecified atom stereocenters. The molecule has 24 heavy (non-hydrogen) atoms. The summed E-state index contributed by atoms with van der Waals surface area (Å²) in [6.45, 7) is 0. The summed E-state index contributed by atoms with van der Waals surface area (Å²) >= 11 is 5.97. The van der Waals surface area contributed by atoms with Crippen molar-refractivity contribution in [1.29, 1.82) is 0 Å².